The molecule has 88 valence electrons. The number of nitrogens with zero attached hydrogens (tertiary/aromatic N) is 1. The van der Waals surface area contributed by atoms with Crippen molar-refractivity contribution in [3.05, 3.63) is 11.4 Å². The quantitative estimate of drug-likeness (QED) is 0.675. The monoisotopic (exact) mass is 220 g/mol. The summed E-state index contributed by atoms with van der Waals surface area (Å²) in [5.41, 5.74) is 1.09. The topological polar surface area (TPSA) is 32.3 Å². The Balaban J connectivity index is 1.94. The molecule has 0 aliphatic carbocycles. The highest BCUT2D eigenvalue weighted by Gasteiger charge is 2.35. The number of carbonyl (C=O) groups excluding carboxylic acids is 1. The van der Waals surface area contributed by atoms with Crippen molar-refractivity contribution in [3.8, 4) is 0 Å². The van der Waals surface area contributed by atoms with E-state index in [1.54, 1.807) is 0 Å². The summed E-state index contributed by atoms with van der Waals surface area (Å²) in [5, 5.41) is 3.50. The fourth-order valence-electron chi connectivity index (χ4n) is 3.25. The molecule has 0 radical (unpaired) electrons. The van der Waals surface area contributed by atoms with Crippen molar-refractivity contribution >= 4 is 5.78 Å². The molecule has 1 saturated heterocycles. The standard InChI is InChI=1S/C13H20N2O/c16-12-9-10-5-2-4-8-15(10)13-11(12)6-1-3-7-14-13/h10,14H,1-9H2. The number of hydrogen-bond acceptors (Lipinski definition) is 3. The van der Waals surface area contributed by atoms with Gasteiger partial charge in [-0.3, -0.25) is 4.79 Å². The van der Waals surface area contributed by atoms with Gasteiger partial charge < -0.3 is 10.2 Å². The number of carbonyl (C=O) groups is 1. The molecule has 3 rings (SSSR count). The first kappa shape index (κ1) is 10.2. The Labute approximate surface area is 96.9 Å². The molecule has 3 heterocycles. The first-order valence-electron chi connectivity index (χ1n) is 6.63. The third-order valence-corrected chi connectivity index (χ3v) is 4.10. The minimum absolute atomic E-state index is 0.410. The minimum Gasteiger partial charge on any atom is -0.371 e. The zero-order chi connectivity index (χ0) is 11.0. The second-order valence-electron chi connectivity index (χ2n) is 5.18. The smallest absolute Gasteiger partial charge is 0.164 e. The molecule has 16 heavy (non-hydrogen) atoms. The van der Waals surface area contributed by atoms with Gasteiger partial charge in [0.25, 0.3) is 0 Å². The average Bonchev–Trinajstić information content (AvgIpc) is 2.55. The summed E-state index contributed by atoms with van der Waals surface area (Å²) in [6, 6.07) is 0.491. The zero-order valence-corrected chi connectivity index (χ0v) is 9.80. The second kappa shape index (κ2) is 4.11. The van der Waals surface area contributed by atoms with Crippen molar-refractivity contribution in [2.75, 3.05) is 13.1 Å². The van der Waals surface area contributed by atoms with Gasteiger partial charge in [0.1, 0.15) is 5.82 Å². The number of allylic oxidation sites excluding steroid dienone is 1. The van der Waals surface area contributed by atoms with Gasteiger partial charge in [0.2, 0.25) is 0 Å². The summed E-state index contributed by atoms with van der Waals surface area (Å²) in [7, 11) is 0. The molecule has 3 aliphatic rings. The van der Waals surface area contributed by atoms with Crippen molar-refractivity contribution in [2.24, 2.45) is 0 Å². The fourth-order valence-corrected chi connectivity index (χ4v) is 3.25. The summed E-state index contributed by atoms with van der Waals surface area (Å²) < 4.78 is 0. The van der Waals surface area contributed by atoms with E-state index in [1.807, 2.05) is 0 Å². The van der Waals surface area contributed by atoms with Crippen LogP contribution in [0, 0.1) is 0 Å². The van der Waals surface area contributed by atoms with Crippen LogP contribution in [0.4, 0.5) is 0 Å². The summed E-state index contributed by atoms with van der Waals surface area (Å²) in [6.45, 7) is 2.18. The Morgan fingerprint density at radius 3 is 3.06 bits per heavy atom. The molecule has 0 aromatic rings. The van der Waals surface area contributed by atoms with E-state index in [4.69, 9.17) is 0 Å². The molecule has 0 aromatic carbocycles. The number of Topliss-reactive ketones (excluding diaryl/α,β-unsaturated/α-hetero) is 1. The lowest BCUT2D eigenvalue weighted by Crippen LogP contribution is -2.48. The van der Waals surface area contributed by atoms with E-state index in [2.05, 4.69) is 10.2 Å². The highest BCUT2D eigenvalue weighted by molar-refractivity contribution is 5.97. The SMILES string of the molecule is O=C1CC2CCCCN2C2=C1CCCCN2. The molecule has 0 saturated carbocycles. The summed E-state index contributed by atoms with van der Waals surface area (Å²) >= 11 is 0. The van der Waals surface area contributed by atoms with Crippen LogP contribution in [-0.2, 0) is 4.79 Å². The van der Waals surface area contributed by atoms with Gasteiger partial charge in [-0.15, -0.1) is 0 Å². The lowest BCUT2D eigenvalue weighted by molar-refractivity contribution is -0.118. The average molecular weight is 220 g/mol. The minimum atomic E-state index is 0.410. The van der Waals surface area contributed by atoms with E-state index in [1.165, 1.54) is 31.5 Å². The number of ketones is 1. The van der Waals surface area contributed by atoms with Crippen LogP contribution >= 0.6 is 0 Å². The van der Waals surface area contributed by atoms with Crippen LogP contribution in [0.15, 0.2) is 11.4 Å². The van der Waals surface area contributed by atoms with E-state index in [0.717, 1.165) is 37.9 Å². The maximum atomic E-state index is 12.1. The third-order valence-electron chi connectivity index (χ3n) is 4.10. The van der Waals surface area contributed by atoms with Gasteiger partial charge in [0.05, 0.1) is 0 Å². The molecule has 0 amide bonds. The molecule has 3 heteroatoms. The predicted molar refractivity (Wildman–Crippen MR) is 62.8 cm³/mol. The Morgan fingerprint density at radius 1 is 1.19 bits per heavy atom. The van der Waals surface area contributed by atoms with Crippen LogP contribution in [0.5, 0.6) is 0 Å². The molecule has 0 spiro atoms. The lowest BCUT2D eigenvalue weighted by Gasteiger charge is -2.42. The molecule has 1 fully saturated rings. The van der Waals surface area contributed by atoms with Gasteiger partial charge in [-0.25, -0.2) is 0 Å². The first-order valence-corrected chi connectivity index (χ1v) is 6.63. The molecule has 3 aliphatic heterocycles. The van der Waals surface area contributed by atoms with Gasteiger partial charge in [0.15, 0.2) is 5.78 Å². The van der Waals surface area contributed by atoms with Crippen LogP contribution in [0.1, 0.15) is 44.9 Å². The van der Waals surface area contributed by atoms with Crippen LogP contribution < -0.4 is 5.32 Å². The van der Waals surface area contributed by atoms with Gasteiger partial charge >= 0.3 is 0 Å². The molecule has 1 unspecified atom stereocenters. The van der Waals surface area contributed by atoms with Crippen LogP contribution in [-0.4, -0.2) is 29.8 Å². The third kappa shape index (κ3) is 1.62. The maximum absolute atomic E-state index is 12.1. The number of hydrogen-bond donors (Lipinski definition) is 1. The molecular formula is C13H20N2O. The molecule has 3 nitrogen and oxygen atoms in total. The summed E-state index contributed by atoms with van der Waals surface area (Å²) in [4.78, 5) is 14.6. The van der Waals surface area contributed by atoms with Crippen LogP contribution in [0.3, 0.4) is 0 Å². The molecular weight excluding hydrogens is 200 g/mol. The van der Waals surface area contributed by atoms with Crippen LogP contribution in [0.25, 0.3) is 0 Å². The summed E-state index contributed by atoms with van der Waals surface area (Å²) in [6.07, 6.45) is 7.88. The van der Waals surface area contributed by atoms with E-state index >= 15 is 0 Å². The lowest BCUT2D eigenvalue weighted by atomic mass is 9.89. The van der Waals surface area contributed by atoms with E-state index in [-0.39, 0.29) is 0 Å². The molecule has 0 aromatic heterocycles. The van der Waals surface area contributed by atoms with E-state index < -0.39 is 0 Å². The molecule has 1 N–H and O–H groups in total. The zero-order valence-electron chi connectivity index (χ0n) is 9.80. The normalized spacial score (nSPS) is 30.4. The Bertz CT molecular complexity index is 335. The van der Waals surface area contributed by atoms with Crippen molar-refractivity contribution in [2.45, 2.75) is 51.0 Å². The predicted octanol–water partition coefficient (Wildman–Crippen LogP) is 1.80. The van der Waals surface area contributed by atoms with Gasteiger partial charge in [-0.1, -0.05) is 0 Å². The Morgan fingerprint density at radius 2 is 2.12 bits per heavy atom. The fraction of sp³-hybridized carbons (Fsp3) is 0.769. The van der Waals surface area contributed by atoms with Crippen molar-refractivity contribution < 1.29 is 4.79 Å². The van der Waals surface area contributed by atoms with Crippen molar-refractivity contribution in [1.82, 2.24) is 10.2 Å². The highest BCUT2D eigenvalue weighted by Crippen LogP contribution is 2.32. The van der Waals surface area contributed by atoms with Gasteiger partial charge in [0, 0.05) is 31.1 Å². The van der Waals surface area contributed by atoms with Gasteiger partial charge in [-0.2, -0.15) is 0 Å². The van der Waals surface area contributed by atoms with E-state index in [9.17, 15) is 4.79 Å². The maximum Gasteiger partial charge on any atom is 0.164 e. The largest absolute Gasteiger partial charge is 0.371 e. The molecule has 0 bridgehead atoms. The van der Waals surface area contributed by atoms with E-state index in [0.29, 0.717) is 11.8 Å². The Hall–Kier alpha value is -0.990. The number of fused-ring (bicyclic) bond motifs is 2. The number of nitrogens with one attached hydrogen (secondary N) is 1. The highest BCUT2D eigenvalue weighted by atomic mass is 16.1. The first-order chi connectivity index (χ1) is 7.86. The molecule has 1 atom stereocenters. The van der Waals surface area contributed by atoms with Crippen molar-refractivity contribution in [3.63, 3.8) is 0 Å². The van der Waals surface area contributed by atoms with Crippen LogP contribution in [0.2, 0.25) is 0 Å². The number of rotatable bonds is 0. The second-order valence-corrected chi connectivity index (χ2v) is 5.18. The van der Waals surface area contributed by atoms with Gasteiger partial charge in [-0.05, 0) is 38.5 Å². The summed E-state index contributed by atoms with van der Waals surface area (Å²) in [5.74, 6) is 1.60. The Kier molecular flexibility index (Phi) is 2.62. The number of piperidine rings is 1. The van der Waals surface area contributed by atoms with Crippen molar-refractivity contribution in [1.29, 1.82) is 0 Å².